The molecule has 0 bridgehead atoms. The summed E-state index contributed by atoms with van der Waals surface area (Å²) in [4.78, 5) is 15.0. The van der Waals surface area contributed by atoms with Gasteiger partial charge in [0.25, 0.3) is 0 Å². The highest BCUT2D eigenvalue weighted by Crippen LogP contribution is 2.56. The van der Waals surface area contributed by atoms with Gasteiger partial charge in [0, 0.05) is 24.2 Å². The van der Waals surface area contributed by atoms with Crippen molar-refractivity contribution in [3.05, 3.63) is 29.8 Å². The lowest BCUT2D eigenvalue weighted by Gasteiger charge is -2.35. The minimum Gasteiger partial charge on any atom is -0.310 e. The van der Waals surface area contributed by atoms with E-state index in [0.29, 0.717) is 19.5 Å². The van der Waals surface area contributed by atoms with Crippen molar-refractivity contribution in [3.63, 3.8) is 0 Å². The third kappa shape index (κ3) is 2.39. The number of rotatable bonds is 2. The summed E-state index contributed by atoms with van der Waals surface area (Å²) >= 11 is 0. The van der Waals surface area contributed by atoms with Crippen molar-refractivity contribution in [1.82, 2.24) is 4.31 Å². The second-order valence-corrected chi connectivity index (χ2v) is 9.04. The number of fused-ring (bicyclic) bond motifs is 2. The molecule has 1 saturated heterocycles. The smallest absolute Gasteiger partial charge is 0.245 e. The molecule has 1 atom stereocenters. The second-order valence-electron chi connectivity index (χ2n) is 7.11. The molecular weight excluding hydrogens is 312 g/mol. The number of amides is 1. The summed E-state index contributed by atoms with van der Waals surface area (Å²) in [6.07, 6.45) is 5.80. The highest BCUT2D eigenvalue weighted by Gasteiger charge is 2.54. The summed E-state index contributed by atoms with van der Waals surface area (Å²) in [5.41, 5.74) is 2.38. The summed E-state index contributed by atoms with van der Waals surface area (Å²) in [6.45, 7) is 1.16. The molecule has 2 aliphatic heterocycles. The van der Waals surface area contributed by atoms with Gasteiger partial charge in [0.05, 0.1) is 6.26 Å². The van der Waals surface area contributed by atoms with Crippen molar-refractivity contribution in [2.24, 2.45) is 0 Å². The Kier molecular flexibility index (Phi) is 3.32. The molecule has 124 valence electrons. The summed E-state index contributed by atoms with van der Waals surface area (Å²) in [5.74, 6) is -0.0497. The predicted octanol–water partition coefficient (Wildman–Crippen LogP) is 1.88. The van der Waals surface area contributed by atoms with Crippen LogP contribution in [0.4, 0.5) is 5.69 Å². The predicted molar refractivity (Wildman–Crippen MR) is 88.9 cm³/mol. The van der Waals surface area contributed by atoms with Crippen molar-refractivity contribution in [2.45, 2.75) is 43.6 Å². The maximum Gasteiger partial charge on any atom is 0.245 e. The molecule has 1 amide bonds. The Morgan fingerprint density at radius 2 is 1.96 bits per heavy atom. The van der Waals surface area contributed by atoms with Crippen LogP contribution in [0, 0.1) is 0 Å². The minimum absolute atomic E-state index is 0.0497. The van der Waals surface area contributed by atoms with Crippen LogP contribution in [0.3, 0.4) is 0 Å². The van der Waals surface area contributed by atoms with E-state index >= 15 is 0 Å². The van der Waals surface area contributed by atoms with E-state index in [1.807, 2.05) is 23.1 Å². The van der Waals surface area contributed by atoms with Crippen LogP contribution in [-0.4, -0.2) is 44.0 Å². The third-order valence-electron chi connectivity index (χ3n) is 5.51. The number of piperidine rings is 1. The van der Waals surface area contributed by atoms with Gasteiger partial charge in [0.15, 0.2) is 0 Å². The van der Waals surface area contributed by atoms with Gasteiger partial charge in [-0.25, -0.2) is 8.42 Å². The van der Waals surface area contributed by atoms with Crippen LogP contribution in [0.15, 0.2) is 24.3 Å². The molecule has 3 aliphatic rings. The zero-order valence-electron chi connectivity index (χ0n) is 13.4. The Hall–Kier alpha value is -1.40. The Bertz CT molecular complexity index is 755. The van der Waals surface area contributed by atoms with Crippen LogP contribution in [0.2, 0.25) is 0 Å². The van der Waals surface area contributed by atoms with Gasteiger partial charge in [0.1, 0.15) is 6.04 Å². The molecule has 2 heterocycles. The first kappa shape index (κ1) is 15.1. The van der Waals surface area contributed by atoms with E-state index in [1.54, 1.807) is 0 Å². The molecule has 23 heavy (non-hydrogen) atoms. The second kappa shape index (κ2) is 5.05. The highest BCUT2D eigenvalue weighted by molar-refractivity contribution is 7.88. The van der Waals surface area contributed by atoms with Crippen LogP contribution >= 0.6 is 0 Å². The zero-order valence-corrected chi connectivity index (χ0v) is 14.2. The fraction of sp³-hybridized carbons (Fsp3) is 0.588. The Morgan fingerprint density at radius 3 is 2.65 bits per heavy atom. The number of carbonyl (C=O) groups excluding carboxylic acids is 1. The van der Waals surface area contributed by atoms with Gasteiger partial charge in [-0.3, -0.25) is 4.79 Å². The molecule has 1 aromatic rings. The molecule has 4 rings (SSSR count). The van der Waals surface area contributed by atoms with Crippen LogP contribution in [0.1, 0.15) is 37.7 Å². The zero-order chi connectivity index (χ0) is 16.2. The number of anilines is 1. The van der Waals surface area contributed by atoms with Gasteiger partial charge >= 0.3 is 0 Å². The van der Waals surface area contributed by atoms with Crippen LogP contribution in [-0.2, 0) is 20.2 Å². The summed E-state index contributed by atoms with van der Waals surface area (Å²) in [5, 5.41) is 0. The van der Waals surface area contributed by atoms with Crippen LogP contribution in [0.5, 0.6) is 0 Å². The standard InChI is InChI=1S/C17H22N2O3S/c1-23(21,22)19-11-5-4-8-15(19)16(20)18-12-17(9-10-17)13-6-2-3-7-14(13)18/h2-3,6-7,15H,4-5,8-12H2,1H3. The van der Waals surface area contributed by atoms with Crippen molar-refractivity contribution >= 4 is 21.6 Å². The Balaban J connectivity index is 1.67. The lowest BCUT2D eigenvalue weighted by atomic mass is 9.99. The molecule has 0 N–H and O–H groups in total. The number of benzene rings is 1. The SMILES string of the molecule is CS(=O)(=O)N1CCCCC1C(=O)N1CC2(CC2)c2ccccc21. The molecule has 1 spiro atoms. The first-order valence-electron chi connectivity index (χ1n) is 8.30. The monoisotopic (exact) mass is 334 g/mol. The molecular formula is C17H22N2O3S. The largest absolute Gasteiger partial charge is 0.310 e. The van der Waals surface area contributed by atoms with E-state index < -0.39 is 16.1 Å². The van der Waals surface area contributed by atoms with Gasteiger partial charge < -0.3 is 4.90 Å². The highest BCUT2D eigenvalue weighted by atomic mass is 32.2. The van der Waals surface area contributed by atoms with Gasteiger partial charge in [0.2, 0.25) is 15.9 Å². The van der Waals surface area contributed by atoms with Crippen molar-refractivity contribution < 1.29 is 13.2 Å². The summed E-state index contributed by atoms with van der Waals surface area (Å²) in [6, 6.07) is 7.55. The minimum atomic E-state index is -3.35. The van der Waals surface area contributed by atoms with E-state index in [4.69, 9.17) is 0 Å². The summed E-state index contributed by atoms with van der Waals surface area (Å²) < 4.78 is 25.5. The molecule has 1 unspecified atom stereocenters. The fourth-order valence-corrected chi connectivity index (χ4v) is 5.25. The number of para-hydroxylation sites is 1. The van der Waals surface area contributed by atoms with Crippen LogP contribution in [0.25, 0.3) is 0 Å². The first-order chi connectivity index (χ1) is 10.9. The molecule has 2 fully saturated rings. The average Bonchev–Trinajstić information content (AvgIpc) is 3.24. The molecule has 6 heteroatoms. The van der Waals surface area contributed by atoms with Crippen molar-refractivity contribution in [1.29, 1.82) is 0 Å². The Labute approximate surface area is 137 Å². The van der Waals surface area contributed by atoms with Crippen molar-refractivity contribution in [3.8, 4) is 0 Å². The number of nitrogens with zero attached hydrogens (tertiary/aromatic N) is 2. The normalized spacial score (nSPS) is 26.3. The van der Waals surface area contributed by atoms with Gasteiger partial charge in [-0.1, -0.05) is 24.6 Å². The maximum absolute atomic E-state index is 13.2. The van der Waals surface area contributed by atoms with E-state index in [1.165, 1.54) is 16.1 Å². The van der Waals surface area contributed by atoms with Gasteiger partial charge in [-0.15, -0.1) is 0 Å². The third-order valence-corrected chi connectivity index (χ3v) is 6.80. The number of sulfonamides is 1. The quantitative estimate of drug-likeness (QED) is 0.830. The number of hydrogen-bond donors (Lipinski definition) is 0. The lowest BCUT2D eigenvalue weighted by molar-refractivity contribution is -0.123. The number of carbonyl (C=O) groups is 1. The van der Waals surface area contributed by atoms with E-state index in [2.05, 4.69) is 6.07 Å². The Morgan fingerprint density at radius 1 is 1.22 bits per heavy atom. The van der Waals surface area contributed by atoms with Gasteiger partial charge in [-0.2, -0.15) is 4.31 Å². The fourth-order valence-electron chi connectivity index (χ4n) is 4.13. The van der Waals surface area contributed by atoms with Gasteiger partial charge in [-0.05, 0) is 37.3 Å². The average molecular weight is 334 g/mol. The van der Waals surface area contributed by atoms with E-state index in [9.17, 15) is 13.2 Å². The molecule has 0 radical (unpaired) electrons. The molecule has 1 aromatic carbocycles. The summed E-state index contributed by atoms with van der Waals surface area (Å²) in [7, 11) is -3.35. The van der Waals surface area contributed by atoms with E-state index in [-0.39, 0.29) is 11.3 Å². The molecule has 1 aliphatic carbocycles. The first-order valence-corrected chi connectivity index (χ1v) is 10.1. The lowest BCUT2D eigenvalue weighted by Crippen LogP contribution is -2.52. The van der Waals surface area contributed by atoms with E-state index in [0.717, 1.165) is 31.4 Å². The maximum atomic E-state index is 13.2. The number of hydrogen-bond acceptors (Lipinski definition) is 3. The molecule has 0 aromatic heterocycles. The van der Waals surface area contributed by atoms with Crippen molar-refractivity contribution in [2.75, 3.05) is 24.2 Å². The molecule has 1 saturated carbocycles. The van der Waals surface area contributed by atoms with Crippen LogP contribution < -0.4 is 4.90 Å². The molecule has 5 nitrogen and oxygen atoms in total. The topological polar surface area (TPSA) is 57.7 Å².